The van der Waals surface area contributed by atoms with E-state index in [1.54, 1.807) is 23.9 Å². The molecular formula is C28H25F2NO2S. The first kappa shape index (κ1) is 23.8. The highest BCUT2D eigenvalue weighted by atomic mass is 32.2. The molecule has 0 aliphatic rings. The number of Topliss-reactive ketones (excluding diaryl/α,β-unsaturated/α-hetero) is 1. The summed E-state index contributed by atoms with van der Waals surface area (Å²) in [5, 5.41) is 0.0530. The number of carbonyl (C=O) groups excluding carboxylic acids is 1. The maximum Gasteiger partial charge on any atom is 0.387 e. The maximum absolute atomic E-state index is 13.3. The van der Waals surface area contributed by atoms with E-state index in [1.807, 2.05) is 60.9 Å². The third-order valence-electron chi connectivity index (χ3n) is 5.64. The number of aromatic nitrogens is 1. The van der Waals surface area contributed by atoms with Crippen molar-refractivity contribution >= 4 is 17.5 Å². The molecule has 1 aromatic heterocycles. The number of halogens is 2. The highest BCUT2D eigenvalue weighted by Gasteiger charge is 2.20. The molecule has 0 aliphatic carbocycles. The van der Waals surface area contributed by atoms with Crippen LogP contribution in [0.2, 0.25) is 0 Å². The van der Waals surface area contributed by atoms with Gasteiger partial charge < -0.3 is 9.30 Å². The fourth-order valence-electron chi connectivity index (χ4n) is 4.10. The number of hydrogen-bond acceptors (Lipinski definition) is 3. The summed E-state index contributed by atoms with van der Waals surface area (Å²) in [5.41, 5.74) is 5.48. The van der Waals surface area contributed by atoms with Crippen molar-refractivity contribution in [1.29, 1.82) is 0 Å². The van der Waals surface area contributed by atoms with Gasteiger partial charge in [-0.05, 0) is 55.3 Å². The average molecular weight is 478 g/mol. The number of alkyl halides is 2. The fraction of sp³-hybridized carbons (Fsp3) is 0.179. The molecule has 0 saturated carbocycles. The van der Waals surface area contributed by atoms with Gasteiger partial charge in [0, 0.05) is 22.6 Å². The molecule has 3 nitrogen and oxygen atoms in total. The lowest BCUT2D eigenvalue weighted by Crippen LogP contribution is -2.08. The Morgan fingerprint density at radius 3 is 1.97 bits per heavy atom. The molecule has 0 fully saturated rings. The van der Waals surface area contributed by atoms with Crippen molar-refractivity contribution in [3.63, 3.8) is 0 Å². The molecule has 3 aromatic carbocycles. The summed E-state index contributed by atoms with van der Waals surface area (Å²) < 4.78 is 31.3. The molecule has 0 amide bonds. The Balaban J connectivity index is 1.54. The van der Waals surface area contributed by atoms with E-state index in [9.17, 15) is 13.6 Å². The normalized spacial score (nSPS) is 11.2. The molecule has 34 heavy (non-hydrogen) atoms. The van der Waals surface area contributed by atoms with E-state index in [1.165, 1.54) is 12.1 Å². The SMILES string of the molecule is Cc1cc(C(=O)CSC(c2ccccc2)c2ccccc2)c(C)n1-c1ccc(OC(F)F)cc1. The number of hydrogen-bond donors (Lipinski definition) is 0. The van der Waals surface area contributed by atoms with E-state index in [2.05, 4.69) is 29.0 Å². The van der Waals surface area contributed by atoms with Crippen molar-refractivity contribution in [2.75, 3.05) is 5.75 Å². The van der Waals surface area contributed by atoms with Crippen LogP contribution in [0, 0.1) is 13.8 Å². The smallest absolute Gasteiger partial charge is 0.387 e. The zero-order valence-electron chi connectivity index (χ0n) is 18.9. The number of carbonyl (C=O) groups is 1. The third kappa shape index (κ3) is 5.39. The van der Waals surface area contributed by atoms with Gasteiger partial charge in [-0.25, -0.2) is 0 Å². The summed E-state index contributed by atoms with van der Waals surface area (Å²) >= 11 is 1.61. The van der Waals surface area contributed by atoms with Crippen LogP contribution >= 0.6 is 11.8 Å². The lowest BCUT2D eigenvalue weighted by molar-refractivity contribution is -0.0498. The minimum absolute atomic E-state index is 0.0530. The number of rotatable bonds is 9. The molecular weight excluding hydrogens is 452 g/mol. The summed E-state index contributed by atoms with van der Waals surface area (Å²) in [5.74, 6) is 0.487. The van der Waals surface area contributed by atoms with Crippen LogP contribution in [0.3, 0.4) is 0 Å². The molecule has 0 spiro atoms. The molecule has 4 aromatic rings. The Morgan fingerprint density at radius 2 is 1.44 bits per heavy atom. The van der Waals surface area contributed by atoms with Crippen molar-refractivity contribution in [3.05, 3.63) is 119 Å². The first-order valence-corrected chi connectivity index (χ1v) is 12.0. The quantitative estimate of drug-likeness (QED) is 0.235. The zero-order valence-corrected chi connectivity index (χ0v) is 19.8. The summed E-state index contributed by atoms with van der Waals surface area (Å²) in [4.78, 5) is 13.3. The second kappa shape index (κ2) is 10.7. The Hall–Kier alpha value is -3.38. The predicted molar refractivity (Wildman–Crippen MR) is 133 cm³/mol. The number of aryl methyl sites for hydroxylation is 1. The Morgan fingerprint density at radius 1 is 0.882 bits per heavy atom. The predicted octanol–water partition coefficient (Wildman–Crippen LogP) is 7.40. The number of ether oxygens (including phenoxy) is 1. The molecule has 0 radical (unpaired) electrons. The van der Waals surface area contributed by atoms with Gasteiger partial charge in [0.2, 0.25) is 0 Å². The molecule has 6 heteroatoms. The van der Waals surface area contributed by atoms with E-state index in [4.69, 9.17) is 0 Å². The van der Waals surface area contributed by atoms with Crippen LogP contribution in [-0.4, -0.2) is 22.7 Å². The van der Waals surface area contributed by atoms with E-state index in [0.29, 0.717) is 11.3 Å². The summed E-state index contributed by atoms with van der Waals surface area (Å²) in [6.45, 7) is 0.968. The van der Waals surface area contributed by atoms with Gasteiger partial charge in [0.15, 0.2) is 5.78 Å². The molecule has 0 aliphatic heterocycles. The van der Waals surface area contributed by atoms with Crippen LogP contribution in [-0.2, 0) is 0 Å². The van der Waals surface area contributed by atoms with Crippen molar-refractivity contribution in [2.24, 2.45) is 0 Å². The first-order valence-electron chi connectivity index (χ1n) is 10.9. The molecule has 174 valence electrons. The van der Waals surface area contributed by atoms with Gasteiger partial charge in [-0.15, -0.1) is 11.8 Å². The highest BCUT2D eigenvalue weighted by molar-refractivity contribution is 8.00. The van der Waals surface area contributed by atoms with Crippen LogP contribution < -0.4 is 4.74 Å². The summed E-state index contributed by atoms with van der Waals surface area (Å²) in [6, 6.07) is 28.7. The molecule has 0 atom stereocenters. The molecule has 0 saturated heterocycles. The Bertz CT molecular complexity index is 1200. The van der Waals surface area contributed by atoms with Gasteiger partial charge in [0.1, 0.15) is 5.75 Å². The van der Waals surface area contributed by atoms with Crippen molar-refractivity contribution in [1.82, 2.24) is 4.57 Å². The lowest BCUT2D eigenvalue weighted by Gasteiger charge is -2.17. The topological polar surface area (TPSA) is 31.2 Å². The molecule has 0 bridgehead atoms. The Labute approximate surface area is 202 Å². The monoisotopic (exact) mass is 477 g/mol. The minimum Gasteiger partial charge on any atom is -0.435 e. The number of benzene rings is 3. The van der Waals surface area contributed by atoms with Gasteiger partial charge in [-0.1, -0.05) is 60.7 Å². The van der Waals surface area contributed by atoms with Crippen molar-refractivity contribution < 1.29 is 18.3 Å². The van der Waals surface area contributed by atoms with E-state index in [0.717, 1.165) is 28.2 Å². The van der Waals surface area contributed by atoms with Crippen LogP contribution in [0.5, 0.6) is 5.75 Å². The van der Waals surface area contributed by atoms with Gasteiger partial charge >= 0.3 is 6.61 Å². The molecule has 1 heterocycles. The molecule has 0 N–H and O–H groups in total. The number of nitrogens with zero attached hydrogens (tertiary/aromatic N) is 1. The zero-order chi connectivity index (χ0) is 24.1. The van der Waals surface area contributed by atoms with Gasteiger partial charge in [-0.2, -0.15) is 8.78 Å². The standard InChI is InChI=1S/C28H25F2NO2S/c1-19-17-25(20(2)31(19)23-13-15-24(16-14-23)33-28(29)30)26(32)18-34-27(21-9-5-3-6-10-21)22-11-7-4-8-12-22/h3-17,27-28H,18H2,1-2H3. The number of thioether (sulfide) groups is 1. The summed E-state index contributed by atoms with van der Waals surface area (Å²) in [6.07, 6.45) is 0. The largest absolute Gasteiger partial charge is 0.435 e. The van der Waals surface area contributed by atoms with E-state index in [-0.39, 0.29) is 16.8 Å². The van der Waals surface area contributed by atoms with E-state index < -0.39 is 6.61 Å². The van der Waals surface area contributed by atoms with Crippen LogP contribution in [0.25, 0.3) is 5.69 Å². The second-order valence-electron chi connectivity index (χ2n) is 7.93. The first-order chi connectivity index (χ1) is 16.4. The fourth-order valence-corrected chi connectivity index (χ4v) is 5.27. The summed E-state index contributed by atoms with van der Waals surface area (Å²) in [7, 11) is 0. The van der Waals surface area contributed by atoms with Crippen molar-refractivity contribution in [3.8, 4) is 11.4 Å². The van der Waals surface area contributed by atoms with Crippen LogP contribution in [0.1, 0.15) is 38.1 Å². The Kier molecular flexibility index (Phi) is 7.48. The highest BCUT2D eigenvalue weighted by Crippen LogP contribution is 2.36. The maximum atomic E-state index is 13.3. The van der Waals surface area contributed by atoms with Gasteiger partial charge in [0.25, 0.3) is 0 Å². The third-order valence-corrected chi connectivity index (χ3v) is 6.94. The van der Waals surface area contributed by atoms with Gasteiger partial charge in [-0.3, -0.25) is 4.79 Å². The second-order valence-corrected chi connectivity index (χ2v) is 9.02. The molecule has 0 unspecified atom stereocenters. The number of ketones is 1. The van der Waals surface area contributed by atoms with Crippen molar-refractivity contribution in [2.45, 2.75) is 25.7 Å². The molecule has 4 rings (SSSR count). The lowest BCUT2D eigenvalue weighted by atomic mass is 10.0. The van der Waals surface area contributed by atoms with Crippen LogP contribution in [0.15, 0.2) is 91.0 Å². The minimum atomic E-state index is -2.86. The average Bonchev–Trinajstić information content (AvgIpc) is 3.14. The van der Waals surface area contributed by atoms with Crippen LogP contribution in [0.4, 0.5) is 8.78 Å². The van der Waals surface area contributed by atoms with E-state index >= 15 is 0 Å². The van der Waals surface area contributed by atoms with Gasteiger partial charge in [0.05, 0.1) is 11.0 Å².